The maximum Gasteiger partial charge on any atom is 0.254 e. The van der Waals surface area contributed by atoms with Crippen LogP contribution >= 0.6 is 0 Å². The Hall–Kier alpha value is -3.94. The van der Waals surface area contributed by atoms with Gasteiger partial charge in [0.05, 0.1) is 7.11 Å². The van der Waals surface area contributed by atoms with Crippen molar-refractivity contribution in [3.63, 3.8) is 0 Å². The third-order valence-corrected chi connectivity index (χ3v) is 5.42. The van der Waals surface area contributed by atoms with E-state index in [0.717, 1.165) is 27.7 Å². The smallest absolute Gasteiger partial charge is 0.254 e. The highest BCUT2D eigenvalue weighted by Gasteiger charge is 2.27. The number of benzene rings is 2. The van der Waals surface area contributed by atoms with Crippen LogP contribution in [0.15, 0.2) is 53.2 Å². The van der Waals surface area contributed by atoms with Gasteiger partial charge in [0.1, 0.15) is 11.6 Å². The maximum absolute atomic E-state index is 12.7. The van der Waals surface area contributed by atoms with Crippen LogP contribution in [0.1, 0.15) is 21.8 Å². The predicted molar refractivity (Wildman–Crippen MR) is 116 cm³/mol. The van der Waals surface area contributed by atoms with E-state index >= 15 is 0 Å². The Kier molecular flexibility index (Phi) is 4.74. The van der Waals surface area contributed by atoms with E-state index in [9.17, 15) is 4.79 Å². The molecule has 2 aromatic heterocycles. The first-order chi connectivity index (χ1) is 15.1. The molecule has 1 aliphatic rings. The number of ether oxygens (including phenoxy) is 1. The summed E-state index contributed by atoms with van der Waals surface area (Å²) < 4.78 is 10.3. The molecule has 156 valence electrons. The third kappa shape index (κ3) is 3.56. The van der Waals surface area contributed by atoms with Gasteiger partial charge < -0.3 is 19.5 Å². The van der Waals surface area contributed by atoms with E-state index in [1.165, 1.54) is 0 Å². The quantitative estimate of drug-likeness (QED) is 0.513. The van der Waals surface area contributed by atoms with Crippen molar-refractivity contribution in [1.29, 1.82) is 0 Å². The minimum Gasteiger partial charge on any atom is -0.497 e. The summed E-state index contributed by atoms with van der Waals surface area (Å²) in [6, 6.07) is 13.6. The van der Waals surface area contributed by atoms with Gasteiger partial charge in [0.15, 0.2) is 0 Å². The highest BCUT2D eigenvalue weighted by molar-refractivity contribution is 5.99. The molecule has 0 atom stereocenters. The topological polar surface area (TPSA) is 93.4 Å². The van der Waals surface area contributed by atoms with Crippen LogP contribution in [-0.4, -0.2) is 46.1 Å². The van der Waals surface area contributed by atoms with Gasteiger partial charge in [0.25, 0.3) is 5.91 Å². The second kappa shape index (κ2) is 7.71. The molecule has 0 radical (unpaired) electrons. The monoisotopic (exact) mass is 415 g/mol. The Bertz CT molecular complexity index is 1280. The van der Waals surface area contributed by atoms with Gasteiger partial charge in [-0.1, -0.05) is 23.4 Å². The number of aromatic nitrogens is 3. The standard InChI is InChI=1S/C23H21N5O3/c1-14-26-21(27-31-14)16-4-3-15-7-8-24-22(19(15)11-16)25-9-10-28-13-17-5-6-18(30-2)12-20(17)23(28)29/h3-8,11-12H,9-10,13H2,1-2H3,(H,24,25). The zero-order valence-electron chi connectivity index (χ0n) is 17.3. The number of carbonyl (C=O) groups is 1. The molecular weight excluding hydrogens is 394 g/mol. The molecule has 0 saturated heterocycles. The number of aryl methyl sites for hydroxylation is 1. The summed E-state index contributed by atoms with van der Waals surface area (Å²) in [4.78, 5) is 23.4. The molecule has 1 amide bonds. The molecule has 0 fully saturated rings. The van der Waals surface area contributed by atoms with Crippen LogP contribution in [0.5, 0.6) is 5.75 Å². The fourth-order valence-corrected chi connectivity index (χ4v) is 3.82. The van der Waals surface area contributed by atoms with E-state index in [2.05, 4.69) is 20.4 Å². The minimum atomic E-state index is 0.0244. The van der Waals surface area contributed by atoms with E-state index in [1.54, 1.807) is 26.3 Å². The van der Waals surface area contributed by atoms with E-state index in [4.69, 9.17) is 9.26 Å². The lowest BCUT2D eigenvalue weighted by Crippen LogP contribution is -2.29. The van der Waals surface area contributed by atoms with Crippen molar-refractivity contribution in [3.8, 4) is 17.1 Å². The number of amides is 1. The van der Waals surface area contributed by atoms with E-state index < -0.39 is 0 Å². The van der Waals surface area contributed by atoms with Crippen molar-refractivity contribution in [3.05, 3.63) is 65.7 Å². The molecule has 8 heteroatoms. The molecule has 8 nitrogen and oxygen atoms in total. The first kappa shape index (κ1) is 19.0. The molecule has 5 rings (SSSR count). The van der Waals surface area contributed by atoms with Gasteiger partial charge >= 0.3 is 0 Å². The molecular formula is C23H21N5O3. The summed E-state index contributed by atoms with van der Waals surface area (Å²) in [6.07, 6.45) is 1.77. The SMILES string of the molecule is COc1ccc2c(c1)C(=O)N(CCNc1nccc3ccc(-c4noc(C)n4)cc13)C2. The van der Waals surface area contributed by atoms with Crippen LogP contribution in [0, 0.1) is 6.92 Å². The van der Waals surface area contributed by atoms with Crippen LogP contribution < -0.4 is 10.1 Å². The molecule has 0 bridgehead atoms. The number of nitrogens with zero attached hydrogens (tertiary/aromatic N) is 4. The van der Waals surface area contributed by atoms with Crippen molar-refractivity contribution in [2.24, 2.45) is 0 Å². The summed E-state index contributed by atoms with van der Waals surface area (Å²) in [5.74, 6) is 2.54. The van der Waals surface area contributed by atoms with Crippen molar-refractivity contribution >= 4 is 22.5 Å². The molecule has 31 heavy (non-hydrogen) atoms. The Morgan fingerprint density at radius 3 is 2.90 bits per heavy atom. The van der Waals surface area contributed by atoms with Crippen LogP contribution in [0.4, 0.5) is 5.82 Å². The average Bonchev–Trinajstić information content (AvgIpc) is 3.36. The number of anilines is 1. The molecule has 1 N–H and O–H groups in total. The Balaban J connectivity index is 1.31. The third-order valence-electron chi connectivity index (χ3n) is 5.42. The summed E-state index contributed by atoms with van der Waals surface area (Å²) in [5.41, 5.74) is 2.59. The number of methoxy groups -OCH3 is 1. The van der Waals surface area contributed by atoms with Gasteiger partial charge in [-0.15, -0.1) is 0 Å². The number of carbonyl (C=O) groups excluding carboxylic acids is 1. The minimum absolute atomic E-state index is 0.0244. The van der Waals surface area contributed by atoms with Gasteiger partial charge in [0, 0.05) is 49.3 Å². The second-order valence-electron chi connectivity index (χ2n) is 7.41. The van der Waals surface area contributed by atoms with Crippen LogP contribution in [0.2, 0.25) is 0 Å². The maximum atomic E-state index is 12.7. The molecule has 0 unspecified atom stereocenters. The molecule has 2 aromatic carbocycles. The van der Waals surface area contributed by atoms with Crippen LogP contribution in [-0.2, 0) is 6.54 Å². The van der Waals surface area contributed by atoms with E-state index in [0.29, 0.717) is 42.7 Å². The van der Waals surface area contributed by atoms with Crippen molar-refractivity contribution in [1.82, 2.24) is 20.0 Å². The molecule has 3 heterocycles. The van der Waals surface area contributed by atoms with Crippen molar-refractivity contribution in [2.45, 2.75) is 13.5 Å². The highest BCUT2D eigenvalue weighted by atomic mass is 16.5. The number of rotatable bonds is 6. The molecule has 0 spiro atoms. The van der Waals surface area contributed by atoms with Gasteiger partial charge in [-0.3, -0.25) is 4.79 Å². The Morgan fingerprint density at radius 2 is 2.10 bits per heavy atom. The van der Waals surface area contributed by atoms with E-state index in [-0.39, 0.29) is 5.91 Å². The highest BCUT2D eigenvalue weighted by Crippen LogP contribution is 2.28. The number of hydrogen-bond acceptors (Lipinski definition) is 7. The van der Waals surface area contributed by atoms with Crippen molar-refractivity contribution < 1.29 is 14.1 Å². The number of hydrogen-bond donors (Lipinski definition) is 1. The van der Waals surface area contributed by atoms with Gasteiger partial charge in [-0.25, -0.2) is 4.98 Å². The van der Waals surface area contributed by atoms with Gasteiger partial charge in [-0.05, 0) is 35.2 Å². The molecule has 1 aliphatic heterocycles. The summed E-state index contributed by atoms with van der Waals surface area (Å²) in [7, 11) is 1.60. The second-order valence-corrected chi connectivity index (χ2v) is 7.41. The molecule has 0 saturated carbocycles. The largest absolute Gasteiger partial charge is 0.497 e. The first-order valence-corrected chi connectivity index (χ1v) is 10.0. The Labute approximate surface area is 178 Å². The summed E-state index contributed by atoms with van der Waals surface area (Å²) in [6.45, 7) is 3.51. The van der Waals surface area contributed by atoms with E-state index in [1.807, 2.05) is 41.3 Å². The van der Waals surface area contributed by atoms with Gasteiger partial charge in [-0.2, -0.15) is 4.98 Å². The average molecular weight is 415 g/mol. The number of fused-ring (bicyclic) bond motifs is 2. The van der Waals surface area contributed by atoms with Gasteiger partial charge in [0.2, 0.25) is 11.7 Å². The summed E-state index contributed by atoms with van der Waals surface area (Å²) >= 11 is 0. The van der Waals surface area contributed by atoms with Crippen LogP contribution in [0.25, 0.3) is 22.2 Å². The van der Waals surface area contributed by atoms with Crippen LogP contribution in [0.3, 0.4) is 0 Å². The predicted octanol–water partition coefficient (Wildman–Crippen LogP) is 3.67. The fraction of sp³-hybridized carbons (Fsp3) is 0.217. The molecule has 0 aliphatic carbocycles. The first-order valence-electron chi connectivity index (χ1n) is 10.0. The van der Waals surface area contributed by atoms with Crippen molar-refractivity contribution in [2.75, 3.05) is 25.5 Å². The number of nitrogens with one attached hydrogen (secondary N) is 1. The lowest BCUT2D eigenvalue weighted by atomic mass is 10.1. The lowest BCUT2D eigenvalue weighted by Gasteiger charge is -2.16. The Morgan fingerprint density at radius 1 is 1.19 bits per heavy atom. The zero-order valence-corrected chi connectivity index (χ0v) is 17.3. The zero-order chi connectivity index (χ0) is 21.4. The number of pyridine rings is 1. The normalized spacial score (nSPS) is 13.0. The summed E-state index contributed by atoms with van der Waals surface area (Å²) in [5, 5.41) is 9.39. The lowest BCUT2D eigenvalue weighted by molar-refractivity contribution is 0.0784. The molecule has 4 aromatic rings. The fourth-order valence-electron chi connectivity index (χ4n) is 3.82.